The van der Waals surface area contributed by atoms with E-state index >= 15 is 0 Å². The molecule has 3 rings (SSSR count). The Morgan fingerprint density at radius 2 is 1.86 bits per heavy atom. The molecule has 28 heavy (non-hydrogen) atoms. The van der Waals surface area contributed by atoms with Crippen LogP contribution >= 0.6 is 0 Å². The third kappa shape index (κ3) is 6.39. The second kappa shape index (κ2) is 10.1. The Labute approximate surface area is 165 Å². The molecule has 0 aliphatic carbocycles. The van der Waals surface area contributed by atoms with E-state index in [4.69, 9.17) is 4.74 Å². The summed E-state index contributed by atoms with van der Waals surface area (Å²) in [6, 6.07) is 4.12. The largest absolute Gasteiger partial charge is 0.379 e. The number of hydrogen-bond donors (Lipinski definition) is 2. The molecule has 2 heterocycles. The van der Waals surface area contributed by atoms with Crippen LogP contribution in [0, 0.1) is 11.6 Å². The summed E-state index contributed by atoms with van der Waals surface area (Å²) in [6.45, 7) is 8.37. The zero-order valence-corrected chi connectivity index (χ0v) is 16.4. The van der Waals surface area contributed by atoms with Crippen molar-refractivity contribution in [1.29, 1.82) is 0 Å². The zero-order valence-electron chi connectivity index (χ0n) is 16.4. The number of nitrogens with one attached hydrogen (secondary N) is 2. The van der Waals surface area contributed by atoms with E-state index in [0.29, 0.717) is 6.54 Å². The van der Waals surface area contributed by atoms with Crippen LogP contribution < -0.4 is 10.6 Å². The number of halogens is 2. The SMILES string of the molecule is CC(CN1CCOCC1)NC(=O)NC1CCN(Cc2ccc(F)c(F)c2)CC1. The van der Waals surface area contributed by atoms with Crippen LogP contribution in [0.25, 0.3) is 0 Å². The van der Waals surface area contributed by atoms with Gasteiger partial charge in [-0.3, -0.25) is 9.80 Å². The maximum Gasteiger partial charge on any atom is 0.315 e. The first-order valence-electron chi connectivity index (χ1n) is 10.0. The lowest BCUT2D eigenvalue weighted by atomic mass is 10.0. The van der Waals surface area contributed by atoms with E-state index in [1.54, 1.807) is 6.07 Å². The highest BCUT2D eigenvalue weighted by Gasteiger charge is 2.22. The standard InChI is InChI=1S/C20H30F2N4O2/c1-15(13-26-8-10-28-11-9-26)23-20(27)24-17-4-6-25(7-5-17)14-16-2-3-18(21)19(22)12-16/h2-3,12,15,17H,4-11,13-14H2,1H3,(H2,23,24,27). The molecule has 2 saturated heterocycles. The van der Waals surface area contributed by atoms with Gasteiger partial charge >= 0.3 is 6.03 Å². The van der Waals surface area contributed by atoms with E-state index < -0.39 is 11.6 Å². The van der Waals surface area contributed by atoms with Gasteiger partial charge in [0.2, 0.25) is 0 Å². The summed E-state index contributed by atoms with van der Waals surface area (Å²) in [5.41, 5.74) is 0.764. The Kier molecular flexibility index (Phi) is 7.58. The number of hydrogen-bond acceptors (Lipinski definition) is 4. The molecule has 1 unspecified atom stereocenters. The number of amides is 2. The molecular weight excluding hydrogens is 366 g/mol. The normalized spacial score (nSPS) is 20.7. The zero-order chi connectivity index (χ0) is 19.9. The molecule has 8 heteroatoms. The average Bonchev–Trinajstić information content (AvgIpc) is 2.67. The topological polar surface area (TPSA) is 56.8 Å². The first-order valence-corrected chi connectivity index (χ1v) is 10.0. The molecule has 2 aliphatic rings. The molecule has 0 saturated carbocycles. The summed E-state index contributed by atoms with van der Waals surface area (Å²) in [4.78, 5) is 16.7. The summed E-state index contributed by atoms with van der Waals surface area (Å²) >= 11 is 0. The van der Waals surface area contributed by atoms with Gasteiger partial charge in [-0.25, -0.2) is 13.6 Å². The van der Waals surface area contributed by atoms with Crippen LogP contribution in [0.2, 0.25) is 0 Å². The molecule has 1 atom stereocenters. The third-order valence-electron chi connectivity index (χ3n) is 5.33. The summed E-state index contributed by atoms with van der Waals surface area (Å²) < 4.78 is 31.7. The van der Waals surface area contributed by atoms with Crippen molar-refractivity contribution in [2.75, 3.05) is 45.9 Å². The van der Waals surface area contributed by atoms with Gasteiger partial charge in [0, 0.05) is 51.4 Å². The second-order valence-electron chi connectivity index (χ2n) is 7.73. The number of urea groups is 1. The van der Waals surface area contributed by atoms with E-state index in [1.807, 2.05) is 6.92 Å². The molecule has 2 N–H and O–H groups in total. The molecule has 2 amide bonds. The van der Waals surface area contributed by atoms with Gasteiger partial charge in [-0.15, -0.1) is 0 Å². The van der Waals surface area contributed by atoms with Crippen LogP contribution in [0.5, 0.6) is 0 Å². The van der Waals surface area contributed by atoms with Crippen LogP contribution in [-0.2, 0) is 11.3 Å². The smallest absolute Gasteiger partial charge is 0.315 e. The fourth-order valence-corrected chi connectivity index (χ4v) is 3.80. The lowest BCUT2D eigenvalue weighted by molar-refractivity contribution is 0.0348. The van der Waals surface area contributed by atoms with Crippen molar-refractivity contribution in [3.05, 3.63) is 35.4 Å². The van der Waals surface area contributed by atoms with E-state index in [2.05, 4.69) is 20.4 Å². The second-order valence-corrected chi connectivity index (χ2v) is 7.73. The summed E-state index contributed by atoms with van der Waals surface area (Å²) in [6.07, 6.45) is 1.68. The van der Waals surface area contributed by atoms with Crippen LogP contribution in [-0.4, -0.2) is 73.9 Å². The van der Waals surface area contributed by atoms with Crippen molar-refractivity contribution in [1.82, 2.24) is 20.4 Å². The van der Waals surface area contributed by atoms with E-state index in [9.17, 15) is 13.6 Å². The highest BCUT2D eigenvalue weighted by molar-refractivity contribution is 5.74. The van der Waals surface area contributed by atoms with Gasteiger partial charge in [0.25, 0.3) is 0 Å². The number of ether oxygens (including phenoxy) is 1. The molecule has 2 aliphatic heterocycles. The number of morpholine rings is 1. The molecule has 2 fully saturated rings. The van der Waals surface area contributed by atoms with Gasteiger partial charge in [-0.2, -0.15) is 0 Å². The molecule has 156 valence electrons. The van der Waals surface area contributed by atoms with Crippen molar-refractivity contribution >= 4 is 6.03 Å². The Bertz CT molecular complexity index is 647. The minimum absolute atomic E-state index is 0.0755. The molecule has 6 nitrogen and oxygen atoms in total. The molecule has 0 radical (unpaired) electrons. The Morgan fingerprint density at radius 1 is 1.14 bits per heavy atom. The van der Waals surface area contributed by atoms with Gasteiger partial charge in [-0.1, -0.05) is 6.07 Å². The van der Waals surface area contributed by atoms with Crippen molar-refractivity contribution in [3.63, 3.8) is 0 Å². The summed E-state index contributed by atoms with van der Waals surface area (Å²) in [5.74, 6) is -1.63. The predicted octanol–water partition coefficient (Wildman–Crippen LogP) is 1.95. The van der Waals surface area contributed by atoms with Crippen LogP contribution in [0.3, 0.4) is 0 Å². The van der Waals surface area contributed by atoms with Gasteiger partial charge in [-0.05, 0) is 37.5 Å². The van der Waals surface area contributed by atoms with Crippen LogP contribution in [0.4, 0.5) is 13.6 Å². The number of benzene rings is 1. The van der Waals surface area contributed by atoms with Crippen molar-refractivity contribution in [3.8, 4) is 0 Å². The summed E-state index contributed by atoms with van der Waals surface area (Å²) in [7, 11) is 0. The summed E-state index contributed by atoms with van der Waals surface area (Å²) in [5, 5.41) is 6.07. The fraction of sp³-hybridized carbons (Fsp3) is 0.650. The number of carbonyl (C=O) groups is 1. The number of nitrogens with zero attached hydrogens (tertiary/aromatic N) is 2. The van der Waals surface area contributed by atoms with Crippen molar-refractivity contribution < 1.29 is 18.3 Å². The minimum Gasteiger partial charge on any atom is -0.379 e. The van der Waals surface area contributed by atoms with Gasteiger partial charge in [0.05, 0.1) is 13.2 Å². The van der Waals surface area contributed by atoms with Gasteiger partial charge in [0.1, 0.15) is 0 Å². The Morgan fingerprint density at radius 3 is 2.54 bits per heavy atom. The lowest BCUT2D eigenvalue weighted by Gasteiger charge is -2.33. The van der Waals surface area contributed by atoms with Crippen LogP contribution in [0.15, 0.2) is 18.2 Å². The average molecular weight is 396 g/mol. The van der Waals surface area contributed by atoms with E-state index in [1.165, 1.54) is 12.1 Å². The molecule has 1 aromatic carbocycles. The van der Waals surface area contributed by atoms with Crippen molar-refractivity contribution in [2.24, 2.45) is 0 Å². The van der Waals surface area contributed by atoms with Crippen molar-refractivity contribution in [2.45, 2.75) is 38.4 Å². The predicted molar refractivity (Wildman–Crippen MR) is 103 cm³/mol. The lowest BCUT2D eigenvalue weighted by Crippen LogP contribution is -2.52. The number of likely N-dealkylation sites (tertiary alicyclic amines) is 1. The molecule has 0 spiro atoms. The Hall–Kier alpha value is -1.77. The van der Waals surface area contributed by atoms with Gasteiger partial charge < -0.3 is 15.4 Å². The van der Waals surface area contributed by atoms with E-state index in [-0.39, 0.29) is 18.1 Å². The Balaban J connectivity index is 1.35. The molecule has 0 aromatic heterocycles. The number of carbonyl (C=O) groups excluding carboxylic acids is 1. The molecule has 1 aromatic rings. The first kappa shape index (κ1) is 21.0. The highest BCUT2D eigenvalue weighted by atomic mass is 19.2. The molecule has 0 bridgehead atoms. The monoisotopic (exact) mass is 396 g/mol. The fourth-order valence-electron chi connectivity index (χ4n) is 3.80. The van der Waals surface area contributed by atoms with Crippen LogP contribution in [0.1, 0.15) is 25.3 Å². The number of piperidine rings is 1. The third-order valence-corrected chi connectivity index (χ3v) is 5.33. The van der Waals surface area contributed by atoms with Gasteiger partial charge in [0.15, 0.2) is 11.6 Å². The van der Waals surface area contributed by atoms with E-state index in [0.717, 1.165) is 64.3 Å². The maximum atomic E-state index is 13.3. The first-order chi connectivity index (χ1) is 13.5. The highest BCUT2D eigenvalue weighted by Crippen LogP contribution is 2.16. The quantitative estimate of drug-likeness (QED) is 0.772. The molecular formula is C20H30F2N4O2. The minimum atomic E-state index is -0.819. The maximum absolute atomic E-state index is 13.3. The number of rotatable bonds is 6.